The van der Waals surface area contributed by atoms with Gasteiger partial charge in [0.15, 0.2) is 5.78 Å². The first-order valence-electron chi connectivity index (χ1n) is 11.7. The minimum absolute atomic E-state index is 0.0190. The Morgan fingerprint density at radius 2 is 1.76 bits per heavy atom. The minimum atomic E-state index is -0.379. The van der Waals surface area contributed by atoms with Crippen molar-refractivity contribution >= 4 is 5.78 Å². The number of piperidine rings is 1. The molecule has 33 heavy (non-hydrogen) atoms. The van der Waals surface area contributed by atoms with Crippen LogP contribution in [-0.2, 0) is 0 Å². The van der Waals surface area contributed by atoms with Crippen molar-refractivity contribution in [2.75, 3.05) is 26.2 Å². The number of benzene rings is 3. The zero-order valence-electron chi connectivity index (χ0n) is 18.9. The number of carbonyl (C=O) groups is 1. The molecule has 1 N–H and O–H groups in total. The molecule has 170 valence electrons. The number of phenols is 1. The van der Waals surface area contributed by atoms with Gasteiger partial charge in [0.05, 0.1) is 0 Å². The highest BCUT2D eigenvalue weighted by molar-refractivity contribution is 5.95. The van der Waals surface area contributed by atoms with Crippen LogP contribution in [0.5, 0.6) is 17.2 Å². The van der Waals surface area contributed by atoms with E-state index in [1.54, 1.807) is 19.1 Å². The highest BCUT2D eigenvalue weighted by Gasteiger charge is 2.28. The molecule has 0 aromatic heterocycles. The number of ether oxygens (including phenoxy) is 2. The molecule has 0 saturated carbocycles. The van der Waals surface area contributed by atoms with E-state index in [2.05, 4.69) is 4.90 Å². The zero-order valence-corrected chi connectivity index (χ0v) is 18.9. The molecule has 0 aliphatic carbocycles. The van der Waals surface area contributed by atoms with Gasteiger partial charge in [-0.1, -0.05) is 30.7 Å². The Balaban J connectivity index is 1.38. The number of rotatable bonds is 6. The Morgan fingerprint density at radius 3 is 2.52 bits per heavy atom. The van der Waals surface area contributed by atoms with Crippen molar-refractivity contribution in [3.63, 3.8) is 0 Å². The van der Waals surface area contributed by atoms with Crippen LogP contribution in [0.2, 0.25) is 0 Å². The fraction of sp³-hybridized carbons (Fsp3) is 0.321. The summed E-state index contributed by atoms with van der Waals surface area (Å²) in [6.07, 6.45) is 3.52. The van der Waals surface area contributed by atoms with Crippen LogP contribution < -0.4 is 9.47 Å². The van der Waals surface area contributed by atoms with E-state index in [4.69, 9.17) is 9.47 Å². The van der Waals surface area contributed by atoms with Crippen LogP contribution in [0.1, 0.15) is 53.8 Å². The Morgan fingerprint density at radius 1 is 1.00 bits per heavy atom. The summed E-state index contributed by atoms with van der Waals surface area (Å²) in [6, 6.07) is 18.9. The van der Waals surface area contributed by atoms with Crippen LogP contribution in [0, 0.1) is 0 Å². The van der Waals surface area contributed by atoms with Crippen molar-refractivity contribution in [2.45, 2.75) is 32.3 Å². The fourth-order valence-electron chi connectivity index (χ4n) is 4.73. The smallest absolute Gasteiger partial charge is 0.159 e. The second kappa shape index (κ2) is 9.28. The van der Waals surface area contributed by atoms with Crippen LogP contribution in [-0.4, -0.2) is 42.0 Å². The second-order valence-electron chi connectivity index (χ2n) is 8.86. The van der Waals surface area contributed by atoms with Crippen molar-refractivity contribution in [3.8, 4) is 28.4 Å². The summed E-state index contributed by atoms with van der Waals surface area (Å²) in [7, 11) is 0. The van der Waals surface area contributed by atoms with Crippen LogP contribution in [0.3, 0.4) is 0 Å². The lowest BCUT2D eigenvalue weighted by Crippen LogP contribution is -2.33. The Hall–Kier alpha value is -3.31. The van der Waals surface area contributed by atoms with E-state index < -0.39 is 0 Å². The summed E-state index contributed by atoms with van der Waals surface area (Å²) in [5.74, 6) is 1.64. The summed E-state index contributed by atoms with van der Waals surface area (Å²) in [5.41, 5.74) is 4.48. The highest BCUT2D eigenvalue weighted by Crippen LogP contribution is 2.46. The SMILES string of the molecule is CC(=O)c1ccc2c(c1)C(c1ccc(OCCN3CCCCC3)cc1)Oc1cc(O)ccc1-2. The topological polar surface area (TPSA) is 59.0 Å². The van der Waals surface area contributed by atoms with Crippen LogP contribution in [0.15, 0.2) is 60.7 Å². The van der Waals surface area contributed by atoms with Crippen molar-refractivity contribution in [3.05, 3.63) is 77.4 Å². The Bertz CT molecular complexity index is 1150. The molecule has 1 unspecified atom stereocenters. The third-order valence-corrected chi connectivity index (χ3v) is 6.55. The predicted octanol–water partition coefficient (Wildman–Crippen LogP) is 5.61. The number of likely N-dealkylation sites (tertiary alicyclic amines) is 1. The number of fused-ring (bicyclic) bond motifs is 3. The summed E-state index contributed by atoms with van der Waals surface area (Å²) >= 11 is 0. The largest absolute Gasteiger partial charge is 0.508 e. The van der Waals surface area contributed by atoms with Crippen LogP contribution >= 0.6 is 0 Å². The third-order valence-electron chi connectivity index (χ3n) is 6.55. The summed E-state index contributed by atoms with van der Waals surface area (Å²) in [6.45, 7) is 5.54. The van der Waals surface area contributed by atoms with Gasteiger partial charge in [-0.2, -0.15) is 0 Å². The van der Waals surface area contributed by atoms with E-state index >= 15 is 0 Å². The molecule has 5 heteroatoms. The molecular weight excluding hydrogens is 414 g/mol. The molecule has 1 atom stereocenters. The van der Waals surface area contributed by atoms with E-state index in [1.165, 1.54) is 32.4 Å². The van der Waals surface area contributed by atoms with Crippen molar-refractivity contribution in [2.24, 2.45) is 0 Å². The number of nitrogens with zero attached hydrogens (tertiary/aromatic N) is 1. The van der Waals surface area contributed by atoms with E-state index in [0.717, 1.165) is 34.5 Å². The molecule has 5 rings (SSSR count). The first kappa shape index (κ1) is 21.5. The maximum Gasteiger partial charge on any atom is 0.159 e. The average molecular weight is 444 g/mol. The number of hydrogen-bond donors (Lipinski definition) is 1. The normalized spacial score (nSPS) is 17.5. The highest BCUT2D eigenvalue weighted by atomic mass is 16.5. The second-order valence-corrected chi connectivity index (χ2v) is 8.86. The molecule has 2 heterocycles. The van der Waals surface area contributed by atoms with Crippen molar-refractivity contribution < 1.29 is 19.4 Å². The van der Waals surface area contributed by atoms with Gasteiger partial charge in [-0.15, -0.1) is 0 Å². The molecule has 1 saturated heterocycles. The number of aromatic hydroxyl groups is 1. The first-order valence-corrected chi connectivity index (χ1v) is 11.7. The molecule has 0 bridgehead atoms. The quantitative estimate of drug-likeness (QED) is 0.502. The van der Waals surface area contributed by atoms with Gasteiger partial charge in [-0.3, -0.25) is 9.69 Å². The molecule has 3 aromatic carbocycles. The van der Waals surface area contributed by atoms with E-state index in [1.807, 2.05) is 48.5 Å². The first-order chi connectivity index (χ1) is 16.1. The number of hydrogen-bond acceptors (Lipinski definition) is 5. The maximum atomic E-state index is 12.0. The summed E-state index contributed by atoms with van der Waals surface area (Å²) < 4.78 is 12.3. The Kier molecular flexibility index (Phi) is 6.05. The molecule has 0 radical (unpaired) electrons. The van der Waals surface area contributed by atoms with Gasteiger partial charge in [0.2, 0.25) is 0 Å². The van der Waals surface area contributed by atoms with Gasteiger partial charge >= 0.3 is 0 Å². The third kappa shape index (κ3) is 4.60. The Labute approximate surface area is 194 Å². The van der Waals surface area contributed by atoms with Crippen LogP contribution in [0.4, 0.5) is 0 Å². The average Bonchev–Trinajstić information content (AvgIpc) is 2.84. The summed E-state index contributed by atoms with van der Waals surface area (Å²) in [5, 5.41) is 9.98. The molecule has 3 aromatic rings. The molecule has 1 fully saturated rings. The molecule has 0 amide bonds. The fourth-order valence-corrected chi connectivity index (χ4v) is 4.73. The van der Waals surface area contributed by atoms with E-state index in [9.17, 15) is 9.90 Å². The summed E-state index contributed by atoms with van der Waals surface area (Å²) in [4.78, 5) is 14.5. The molecule has 5 nitrogen and oxygen atoms in total. The number of phenolic OH excluding ortho intramolecular Hbond substituents is 1. The maximum absolute atomic E-state index is 12.0. The lowest BCUT2D eigenvalue weighted by molar-refractivity contribution is 0.101. The minimum Gasteiger partial charge on any atom is -0.508 e. The van der Waals surface area contributed by atoms with Gasteiger partial charge in [0, 0.05) is 29.3 Å². The van der Waals surface area contributed by atoms with Gasteiger partial charge in [0.1, 0.15) is 30.0 Å². The zero-order chi connectivity index (χ0) is 22.8. The number of Topliss-reactive ketones (excluding diaryl/α,β-unsaturated/α-hetero) is 1. The van der Waals surface area contributed by atoms with Crippen molar-refractivity contribution in [1.82, 2.24) is 4.90 Å². The molecule has 0 spiro atoms. The van der Waals surface area contributed by atoms with Gasteiger partial charge in [-0.05, 0) is 74.3 Å². The molecule has 2 aliphatic rings. The monoisotopic (exact) mass is 443 g/mol. The lowest BCUT2D eigenvalue weighted by Gasteiger charge is -2.30. The van der Waals surface area contributed by atoms with Gasteiger partial charge in [0.25, 0.3) is 0 Å². The lowest BCUT2D eigenvalue weighted by atomic mass is 9.88. The number of carbonyl (C=O) groups excluding carboxylic acids is 1. The van der Waals surface area contributed by atoms with E-state index in [-0.39, 0.29) is 17.6 Å². The van der Waals surface area contributed by atoms with Gasteiger partial charge in [-0.25, -0.2) is 0 Å². The van der Waals surface area contributed by atoms with E-state index in [0.29, 0.717) is 17.9 Å². The standard InChI is InChI=1S/C28H29NO4/c1-19(30)21-7-11-24-25-12-8-22(31)18-27(25)33-28(26(24)17-21)20-5-9-23(10-6-20)32-16-15-29-13-3-2-4-14-29/h5-12,17-18,28,31H,2-4,13-16H2,1H3. The molecule has 2 aliphatic heterocycles. The predicted molar refractivity (Wildman–Crippen MR) is 128 cm³/mol. The molecular formula is C28H29NO4. The number of ketones is 1. The van der Waals surface area contributed by atoms with Crippen molar-refractivity contribution in [1.29, 1.82) is 0 Å². The van der Waals surface area contributed by atoms with Gasteiger partial charge < -0.3 is 14.6 Å². The van der Waals surface area contributed by atoms with Crippen LogP contribution in [0.25, 0.3) is 11.1 Å².